The Kier molecular flexibility index (Phi) is 4.72. The molecule has 1 aliphatic heterocycles. The summed E-state index contributed by atoms with van der Waals surface area (Å²) in [5.41, 5.74) is 1.32. The molecule has 1 aliphatic rings. The lowest BCUT2D eigenvalue weighted by Crippen LogP contribution is -2.43. The summed E-state index contributed by atoms with van der Waals surface area (Å²) in [6.07, 6.45) is 5.06. The molecule has 1 fully saturated rings. The van der Waals surface area contributed by atoms with Gasteiger partial charge < -0.3 is 5.32 Å². The maximum absolute atomic E-state index is 4.24. The first kappa shape index (κ1) is 13.5. The smallest absolute Gasteiger partial charge is 0.0335 e. The highest BCUT2D eigenvalue weighted by atomic mass is 15.2. The Labute approximate surface area is 111 Å². The Balaban J connectivity index is 2.05. The van der Waals surface area contributed by atoms with Crippen molar-refractivity contribution in [2.75, 3.05) is 19.6 Å². The van der Waals surface area contributed by atoms with E-state index >= 15 is 0 Å². The van der Waals surface area contributed by atoms with Crippen LogP contribution in [0, 0.1) is 5.92 Å². The molecule has 0 aliphatic carbocycles. The standard InChI is InChI=1S/C15H25N3/c1-12-9-17-13(2)6-8-18(11-12)14(3)15-5-4-7-16-10-15/h4-5,7,10,12-14,17H,6,8-9,11H2,1-3H3. The van der Waals surface area contributed by atoms with Crippen LogP contribution < -0.4 is 5.32 Å². The predicted octanol–water partition coefficient (Wildman–Crippen LogP) is 2.46. The van der Waals surface area contributed by atoms with Crippen LogP contribution >= 0.6 is 0 Å². The molecule has 0 bridgehead atoms. The van der Waals surface area contributed by atoms with Crippen molar-refractivity contribution in [2.24, 2.45) is 5.92 Å². The van der Waals surface area contributed by atoms with Gasteiger partial charge in [-0.05, 0) is 44.4 Å². The molecule has 18 heavy (non-hydrogen) atoms. The molecule has 0 amide bonds. The molecule has 0 spiro atoms. The van der Waals surface area contributed by atoms with Gasteiger partial charge in [-0.3, -0.25) is 9.88 Å². The molecule has 1 saturated heterocycles. The molecular formula is C15H25N3. The number of aromatic nitrogens is 1. The number of hydrogen-bond acceptors (Lipinski definition) is 3. The molecule has 100 valence electrons. The summed E-state index contributed by atoms with van der Waals surface area (Å²) in [7, 11) is 0. The van der Waals surface area contributed by atoms with Crippen molar-refractivity contribution in [3.8, 4) is 0 Å². The zero-order valence-corrected chi connectivity index (χ0v) is 11.8. The first-order chi connectivity index (χ1) is 8.66. The molecule has 1 aromatic heterocycles. The number of pyridine rings is 1. The second-order valence-corrected chi connectivity index (χ2v) is 5.66. The third kappa shape index (κ3) is 3.53. The van der Waals surface area contributed by atoms with Gasteiger partial charge in [0, 0.05) is 37.6 Å². The summed E-state index contributed by atoms with van der Waals surface area (Å²) < 4.78 is 0. The topological polar surface area (TPSA) is 28.2 Å². The van der Waals surface area contributed by atoms with Crippen LogP contribution in [0.25, 0.3) is 0 Å². The normalized spacial score (nSPS) is 28.4. The van der Waals surface area contributed by atoms with Crippen LogP contribution in [-0.2, 0) is 0 Å². The van der Waals surface area contributed by atoms with Gasteiger partial charge in [0.1, 0.15) is 0 Å². The van der Waals surface area contributed by atoms with Gasteiger partial charge in [-0.1, -0.05) is 13.0 Å². The van der Waals surface area contributed by atoms with E-state index in [0.717, 1.165) is 19.6 Å². The van der Waals surface area contributed by atoms with E-state index in [0.29, 0.717) is 18.0 Å². The van der Waals surface area contributed by atoms with Crippen LogP contribution in [0.5, 0.6) is 0 Å². The molecule has 2 rings (SSSR count). The van der Waals surface area contributed by atoms with Crippen LogP contribution in [0.1, 0.15) is 38.8 Å². The lowest BCUT2D eigenvalue weighted by atomic mass is 10.0. The molecule has 3 unspecified atom stereocenters. The van der Waals surface area contributed by atoms with Gasteiger partial charge in [0.25, 0.3) is 0 Å². The molecule has 1 aromatic rings. The highest BCUT2D eigenvalue weighted by Gasteiger charge is 2.21. The van der Waals surface area contributed by atoms with Crippen LogP contribution in [0.15, 0.2) is 24.5 Å². The fourth-order valence-electron chi connectivity index (χ4n) is 2.61. The first-order valence-corrected chi connectivity index (χ1v) is 7.04. The summed E-state index contributed by atoms with van der Waals surface area (Å²) in [4.78, 5) is 6.83. The molecule has 0 aromatic carbocycles. The van der Waals surface area contributed by atoms with Gasteiger partial charge in [0.2, 0.25) is 0 Å². The van der Waals surface area contributed by atoms with E-state index in [1.165, 1.54) is 12.0 Å². The quantitative estimate of drug-likeness (QED) is 0.870. The maximum atomic E-state index is 4.24. The predicted molar refractivity (Wildman–Crippen MR) is 75.5 cm³/mol. The lowest BCUT2D eigenvalue weighted by molar-refractivity contribution is 0.156. The zero-order chi connectivity index (χ0) is 13.0. The zero-order valence-electron chi connectivity index (χ0n) is 11.8. The molecule has 0 saturated carbocycles. The Morgan fingerprint density at radius 3 is 3.00 bits per heavy atom. The van der Waals surface area contributed by atoms with Crippen LogP contribution in [0.3, 0.4) is 0 Å². The molecule has 2 heterocycles. The summed E-state index contributed by atoms with van der Waals surface area (Å²) in [5.74, 6) is 0.701. The minimum absolute atomic E-state index is 0.464. The summed E-state index contributed by atoms with van der Waals surface area (Å²) >= 11 is 0. The number of hydrogen-bond donors (Lipinski definition) is 1. The summed E-state index contributed by atoms with van der Waals surface area (Å²) in [6.45, 7) is 10.4. The van der Waals surface area contributed by atoms with E-state index in [2.05, 4.69) is 42.0 Å². The highest BCUT2D eigenvalue weighted by Crippen LogP contribution is 2.21. The van der Waals surface area contributed by atoms with E-state index in [4.69, 9.17) is 0 Å². The largest absolute Gasteiger partial charge is 0.314 e. The van der Waals surface area contributed by atoms with Crippen molar-refractivity contribution >= 4 is 0 Å². The Morgan fingerprint density at radius 2 is 2.28 bits per heavy atom. The Bertz CT molecular complexity index is 352. The van der Waals surface area contributed by atoms with Crippen molar-refractivity contribution in [1.29, 1.82) is 0 Å². The fraction of sp³-hybridized carbons (Fsp3) is 0.667. The first-order valence-electron chi connectivity index (χ1n) is 7.04. The van der Waals surface area contributed by atoms with Crippen LogP contribution in [0.4, 0.5) is 0 Å². The van der Waals surface area contributed by atoms with Crippen molar-refractivity contribution < 1.29 is 0 Å². The summed E-state index contributed by atoms with van der Waals surface area (Å²) in [6, 6.07) is 5.30. The van der Waals surface area contributed by atoms with Crippen molar-refractivity contribution in [2.45, 2.75) is 39.3 Å². The molecule has 0 radical (unpaired) electrons. The number of nitrogens with one attached hydrogen (secondary N) is 1. The Hall–Kier alpha value is -0.930. The molecule has 3 heteroatoms. The SMILES string of the molecule is CC1CNC(C)CCN(C(C)c2cccnc2)C1. The van der Waals surface area contributed by atoms with E-state index in [9.17, 15) is 0 Å². The molecule has 3 nitrogen and oxygen atoms in total. The molecular weight excluding hydrogens is 222 g/mol. The van der Waals surface area contributed by atoms with Crippen LogP contribution in [0.2, 0.25) is 0 Å². The maximum Gasteiger partial charge on any atom is 0.0335 e. The second kappa shape index (κ2) is 6.30. The van der Waals surface area contributed by atoms with Crippen molar-refractivity contribution in [3.63, 3.8) is 0 Å². The lowest BCUT2D eigenvalue weighted by Gasteiger charge is -2.35. The van der Waals surface area contributed by atoms with E-state index in [1.807, 2.05) is 18.5 Å². The van der Waals surface area contributed by atoms with Gasteiger partial charge in [-0.15, -0.1) is 0 Å². The third-order valence-corrected chi connectivity index (χ3v) is 3.92. The van der Waals surface area contributed by atoms with Crippen molar-refractivity contribution in [3.05, 3.63) is 30.1 Å². The minimum atomic E-state index is 0.464. The van der Waals surface area contributed by atoms with Gasteiger partial charge in [0.15, 0.2) is 0 Å². The van der Waals surface area contributed by atoms with Gasteiger partial charge >= 0.3 is 0 Å². The second-order valence-electron chi connectivity index (χ2n) is 5.66. The van der Waals surface area contributed by atoms with Gasteiger partial charge in [-0.25, -0.2) is 0 Å². The van der Waals surface area contributed by atoms with Gasteiger partial charge in [0.05, 0.1) is 0 Å². The van der Waals surface area contributed by atoms with Crippen molar-refractivity contribution in [1.82, 2.24) is 15.2 Å². The number of nitrogens with zero attached hydrogens (tertiary/aromatic N) is 2. The fourth-order valence-corrected chi connectivity index (χ4v) is 2.61. The molecule has 1 N–H and O–H groups in total. The third-order valence-electron chi connectivity index (χ3n) is 3.92. The van der Waals surface area contributed by atoms with Crippen LogP contribution in [-0.4, -0.2) is 35.6 Å². The molecule has 3 atom stereocenters. The van der Waals surface area contributed by atoms with Gasteiger partial charge in [-0.2, -0.15) is 0 Å². The van der Waals surface area contributed by atoms with E-state index in [1.54, 1.807) is 0 Å². The average molecular weight is 247 g/mol. The highest BCUT2D eigenvalue weighted by molar-refractivity contribution is 5.13. The minimum Gasteiger partial charge on any atom is -0.314 e. The Morgan fingerprint density at radius 1 is 1.44 bits per heavy atom. The van der Waals surface area contributed by atoms with E-state index in [-0.39, 0.29) is 0 Å². The number of rotatable bonds is 2. The monoisotopic (exact) mass is 247 g/mol. The van der Waals surface area contributed by atoms with E-state index < -0.39 is 0 Å². The average Bonchev–Trinajstić information content (AvgIpc) is 2.39. The summed E-state index contributed by atoms with van der Waals surface area (Å²) in [5, 5.41) is 3.59.